The van der Waals surface area contributed by atoms with Crippen LogP contribution in [-0.4, -0.2) is 49.5 Å². The number of benzene rings is 1. The molecule has 0 bridgehead atoms. The number of nitrogens with zero attached hydrogens (tertiary/aromatic N) is 1. The van der Waals surface area contributed by atoms with Crippen molar-refractivity contribution >= 4 is 11.7 Å². The Balaban J connectivity index is 2.76. The highest BCUT2D eigenvalue weighted by atomic mass is 19.4. The lowest BCUT2D eigenvalue weighted by Crippen LogP contribution is -2.39. The van der Waals surface area contributed by atoms with Crippen LogP contribution >= 0.6 is 0 Å². The number of amides is 2. The fourth-order valence-electron chi connectivity index (χ4n) is 1.61. The zero-order valence-corrected chi connectivity index (χ0v) is 11.5. The highest BCUT2D eigenvalue weighted by Gasteiger charge is 2.30. The van der Waals surface area contributed by atoms with Crippen LogP contribution in [0.15, 0.2) is 24.3 Å². The second kappa shape index (κ2) is 7.84. The lowest BCUT2D eigenvalue weighted by molar-refractivity contribution is -0.137. The lowest BCUT2D eigenvalue weighted by Gasteiger charge is -2.22. The highest BCUT2D eigenvalue weighted by molar-refractivity contribution is 5.89. The second-order valence-corrected chi connectivity index (χ2v) is 4.21. The molecule has 0 radical (unpaired) electrons. The maximum atomic E-state index is 12.6. The number of aliphatic hydroxyl groups excluding tert-OH is 1. The third-order valence-electron chi connectivity index (χ3n) is 2.66. The zero-order chi connectivity index (χ0) is 15.9. The Kier molecular flexibility index (Phi) is 6.44. The fraction of sp³-hybridized carbons (Fsp3) is 0.462. The maximum absolute atomic E-state index is 12.6. The molecule has 0 saturated heterocycles. The first-order valence-electron chi connectivity index (χ1n) is 6.21. The summed E-state index contributed by atoms with van der Waals surface area (Å²) in [5, 5.41) is 11.3. The molecule has 1 aromatic rings. The number of halogens is 3. The van der Waals surface area contributed by atoms with Crippen molar-refractivity contribution in [3.05, 3.63) is 29.8 Å². The first-order chi connectivity index (χ1) is 9.88. The summed E-state index contributed by atoms with van der Waals surface area (Å²) in [4.78, 5) is 13.2. The highest BCUT2D eigenvalue weighted by Crippen LogP contribution is 2.30. The van der Waals surface area contributed by atoms with Gasteiger partial charge in [-0.25, -0.2) is 4.79 Å². The molecule has 1 rings (SSSR count). The summed E-state index contributed by atoms with van der Waals surface area (Å²) in [6.45, 7) is 0.297. The van der Waals surface area contributed by atoms with Gasteiger partial charge in [0.25, 0.3) is 0 Å². The number of nitrogens with one attached hydrogen (secondary N) is 1. The van der Waals surface area contributed by atoms with Gasteiger partial charge in [-0.2, -0.15) is 13.2 Å². The number of aliphatic hydroxyl groups is 1. The van der Waals surface area contributed by atoms with Crippen LogP contribution in [0, 0.1) is 0 Å². The average molecular weight is 306 g/mol. The molecule has 0 aliphatic carbocycles. The zero-order valence-electron chi connectivity index (χ0n) is 11.5. The van der Waals surface area contributed by atoms with Crippen LogP contribution in [0.5, 0.6) is 0 Å². The van der Waals surface area contributed by atoms with Gasteiger partial charge in [-0.05, 0) is 18.2 Å². The smallest absolute Gasteiger partial charge is 0.395 e. The molecule has 21 heavy (non-hydrogen) atoms. The molecule has 0 heterocycles. The van der Waals surface area contributed by atoms with Crippen molar-refractivity contribution in [2.45, 2.75) is 6.18 Å². The number of urea groups is 1. The van der Waals surface area contributed by atoms with Gasteiger partial charge in [-0.15, -0.1) is 0 Å². The van der Waals surface area contributed by atoms with Gasteiger partial charge in [-0.3, -0.25) is 0 Å². The molecule has 8 heteroatoms. The summed E-state index contributed by atoms with van der Waals surface area (Å²) in [6.07, 6.45) is -4.47. The fourth-order valence-corrected chi connectivity index (χ4v) is 1.61. The van der Waals surface area contributed by atoms with Crippen LogP contribution in [0.4, 0.5) is 23.7 Å². The van der Waals surface area contributed by atoms with Crippen molar-refractivity contribution in [1.82, 2.24) is 4.90 Å². The van der Waals surface area contributed by atoms with Crippen molar-refractivity contribution in [3.8, 4) is 0 Å². The van der Waals surface area contributed by atoms with Gasteiger partial charge in [0.1, 0.15) is 0 Å². The van der Waals surface area contributed by atoms with Gasteiger partial charge in [0.2, 0.25) is 0 Å². The van der Waals surface area contributed by atoms with Crippen LogP contribution in [0.1, 0.15) is 5.56 Å². The Morgan fingerprint density at radius 3 is 2.67 bits per heavy atom. The number of hydrogen-bond donors (Lipinski definition) is 2. The Morgan fingerprint density at radius 1 is 1.38 bits per heavy atom. The molecule has 0 aliphatic heterocycles. The van der Waals surface area contributed by atoms with E-state index in [2.05, 4.69) is 5.32 Å². The van der Waals surface area contributed by atoms with Gasteiger partial charge in [0, 0.05) is 25.9 Å². The van der Waals surface area contributed by atoms with E-state index < -0.39 is 17.8 Å². The number of methoxy groups -OCH3 is 1. The van der Waals surface area contributed by atoms with E-state index in [0.29, 0.717) is 0 Å². The van der Waals surface area contributed by atoms with Crippen molar-refractivity contribution < 1.29 is 27.8 Å². The van der Waals surface area contributed by atoms with Crippen LogP contribution in [0.2, 0.25) is 0 Å². The van der Waals surface area contributed by atoms with Crippen LogP contribution in [0.25, 0.3) is 0 Å². The third-order valence-corrected chi connectivity index (χ3v) is 2.66. The van der Waals surface area contributed by atoms with Crippen LogP contribution in [0.3, 0.4) is 0 Å². The SMILES string of the molecule is COCCN(CCO)C(=O)Nc1cccc(C(F)(F)F)c1. The molecular weight excluding hydrogens is 289 g/mol. The van der Waals surface area contributed by atoms with Gasteiger partial charge in [0.05, 0.1) is 18.8 Å². The van der Waals surface area contributed by atoms with Crippen molar-refractivity contribution in [1.29, 1.82) is 0 Å². The quantitative estimate of drug-likeness (QED) is 0.847. The van der Waals surface area contributed by atoms with Gasteiger partial charge < -0.3 is 20.1 Å². The van der Waals surface area contributed by atoms with Gasteiger partial charge >= 0.3 is 12.2 Å². The molecule has 2 N–H and O–H groups in total. The summed E-state index contributed by atoms with van der Waals surface area (Å²) in [6, 6.07) is 3.75. The molecule has 118 valence electrons. The van der Waals surface area contributed by atoms with E-state index in [1.54, 1.807) is 0 Å². The Morgan fingerprint density at radius 2 is 2.10 bits per heavy atom. The number of anilines is 1. The molecule has 5 nitrogen and oxygen atoms in total. The number of alkyl halides is 3. The van der Waals surface area contributed by atoms with E-state index in [0.717, 1.165) is 12.1 Å². The molecule has 2 amide bonds. The molecule has 0 saturated carbocycles. The van der Waals surface area contributed by atoms with Crippen molar-refractivity contribution in [3.63, 3.8) is 0 Å². The second-order valence-electron chi connectivity index (χ2n) is 4.21. The van der Waals surface area contributed by atoms with E-state index in [1.807, 2.05) is 0 Å². The molecule has 1 aromatic carbocycles. The minimum Gasteiger partial charge on any atom is -0.395 e. The van der Waals surface area contributed by atoms with E-state index in [9.17, 15) is 18.0 Å². The standard InChI is InChI=1S/C13H17F3N2O3/c1-21-8-6-18(5-7-19)12(20)17-11-4-2-3-10(9-11)13(14,15)16/h2-4,9,19H,5-8H2,1H3,(H,17,20). The summed E-state index contributed by atoms with van der Waals surface area (Å²) >= 11 is 0. The van der Waals surface area contributed by atoms with Crippen LogP contribution < -0.4 is 5.32 Å². The largest absolute Gasteiger partial charge is 0.416 e. The van der Waals surface area contributed by atoms with E-state index in [-0.39, 0.29) is 32.0 Å². The van der Waals surface area contributed by atoms with Crippen molar-refractivity contribution in [2.75, 3.05) is 38.7 Å². The predicted octanol–water partition coefficient (Wildman–Crippen LogP) is 2.18. The summed E-state index contributed by atoms with van der Waals surface area (Å²) in [5.74, 6) is 0. The number of carbonyl (C=O) groups excluding carboxylic acids is 1. The Hall–Kier alpha value is -1.80. The topological polar surface area (TPSA) is 61.8 Å². The number of hydrogen-bond acceptors (Lipinski definition) is 3. The molecule has 0 aromatic heterocycles. The summed E-state index contributed by atoms with van der Waals surface area (Å²) in [7, 11) is 1.46. The molecular formula is C13H17F3N2O3. The monoisotopic (exact) mass is 306 g/mol. The molecule has 0 atom stereocenters. The van der Waals surface area contributed by atoms with Crippen molar-refractivity contribution in [2.24, 2.45) is 0 Å². The summed E-state index contributed by atoms with van der Waals surface area (Å²) < 4.78 is 42.6. The first kappa shape index (κ1) is 17.3. The summed E-state index contributed by atoms with van der Waals surface area (Å²) in [5.41, 5.74) is -0.805. The Labute approximate surface area is 120 Å². The molecule has 0 aliphatic rings. The third kappa shape index (κ3) is 5.60. The number of ether oxygens (including phenoxy) is 1. The maximum Gasteiger partial charge on any atom is 0.416 e. The molecule has 0 unspecified atom stereocenters. The molecule has 0 fully saturated rings. The van der Waals surface area contributed by atoms with E-state index in [1.165, 1.54) is 24.1 Å². The predicted molar refractivity (Wildman–Crippen MR) is 71.0 cm³/mol. The van der Waals surface area contributed by atoms with Crippen LogP contribution in [-0.2, 0) is 10.9 Å². The minimum atomic E-state index is -4.47. The van der Waals surface area contributed by atoms with E-state index in [4.69, 9.17) is 9.84 Å². The Bertz CT molecular complexity index is 466. The number of carbonyl (C=O) groups is 1. The average Bonchev–Trinajstić information content (AvgIpc) is 2.42. The minimum absolute atomic E-state index is 0.0372. The number of rotatable bonds is 6. The normalized spacial score (nSPS) is 11.3. The van der Waals surface area contributed by atoms with Gasteiger partial charge in [-0.1, -0.05) is 6.07 Å². The van der Waals surface area contributed by atoms with Gasteiger partial charge in [0.15, 0.2) is 0 Å². The van der Waals surface area contributed by atoms with E-state index >= 15 is 0 Å². The lowest BCUT2D eigenvalue weighted by atomic mass is 10.2. The molecule has 0 spiro atoms. The first-order valence-corrected chi connectivity index (χ1v) is 6.21.